The summed E-state index contributed by atoms with van der Waals surface area (Å²) in [5.41, 5.74) is 1.59. The summed E-state index contributed by atoms with van der Waals surface area (Å²) in [7, 11) is 3.61. The van der Waals surface area contributed by atoms with Crippen molar-refractivity contribution >= 4 is 118 Å². The van der Waals surface area contributed by atoms with Crippen LogP contribution in [-0.2, 0) is 41.9 Å². The Hall–Kier alpha value is -4.54. The van der Waals surface area contributed by atoms with Crippen LogP contribution in [0, 0.1) is 10.8 Å². The zero-order chi connectivity index (χ0) is 53.5. The van der Waals surface area contributed by atoms with Crippen LogP contribution in [0.2, 0.25) is 0 Å². The molecule has 4 aliphatic heterocycles. The molecule has 0 spiro atoms. The summed E-state index contributed by atoms with van der Waals surface area (Å²) in [4.78, 5) is 90.4. The highest BCUT2D eigenvalue weighted by molar-refractivity contribution is 8.00. The monoisotopic (exact) mass is 1160 g/mol. The molecule has 6 amide bonds. The third-order valence-corrected chi connectivity index (χ3v) is 18.1. The van der Waals surface area contributed by atoms with Crippen molar-refractivity contribution in [3.8, 4) is 0 Å². The molecule has 3 aromatic carbocycles. The van der Waals surface area contributed by atoms with Crippen LogP contribution < -0.4 is 42.5 Å². The van der Waals surface area contributed by atoms with Gasteiger partial charge in [0.25, 0.3) is 0 Å². The van der Waals surface area contributed by atoms with Gasteiger partial charge in [0.1, 0.15) is 36.3 Å². The lowest BCUT2D eigenvalue weighted by molar-refractivity contribution is -0.143. The highest BCUT2D eigenvalue weighted by atomic mass is 35.5. The molecule has 3 aromatic rings. The van der Waals surface area contributed by atoms with Crippen molar-refractivity contribution in [3.05, 3.63) is 107 Å². The summed E-state index contributed by atoms with van der Waals surface area (Å²) in [6.45, 7) is 12.1. The number of likely N-dealkylation sites (N-methyl/N-ethyl adjacent to an activating group) is 2. The Balaban J connectivity index is 0.00000533. The SMILES string of the molecule is CN[C@@H](C)C(=S)N[C@H]1CCS[C@H]2CC(C)(C)[C@@H](C(=O)N[C@H](C(=O)NCc3ccc(CNC(=O)[C@@H](NC(=O)[C@H]4N5C(=O)[C@@H](NC(=S)[C@H](C)NC)CCS[C@H]5CC4(C)C)c4ccccc4)cc3)c3ccccc3)N2C1=O.Cl.Cl. The third-order valence-electron chi connectivity index (χ3n) is 14.7. The summed E-state index contributed by atoms with van der Waals surface area (Å²) >= 11 is 14.5. The number of nitrogens with zero attached hydrogens (tertiary/aromatic N) is 2. The molecular formula is C54H74Cl2N10O6S4. The lowest BCUT2D eigenvalue weighted by Gasteiger charge is -2.35. The van der Waals surface area contributed by atoms with Crippen LogP contribution in [0.1, 0.15) is 102 Å². The molecule has 4 heterocycles. The van der Waals surface area contributed by atoms with Crippen molar-refractivity contribution in [2.24, 2.45) is 10.8 Å². The van der Waals surface area contributed by atoms with Crippen molar-refractivity contribution in [3.63, 3.8) is 0 Å². The molecule has 4 aliphatic rings. The zero-order valence-corrected chi connectivity index (χ0v) is 49.2. The van der Waals surface area contributed by atoms with Gasteiger partial charge in [-0.2, -0.15) is 0 Å². The van der Waals surface area contributed by atoms with Crippen LogP contribution in [0.15, 0.2) is 84.9 Å². The van der Waals surface area contributed by atoms with Crippen molar-refractivity contribution in [2.45, 2.75) is 139 Å². The van der Waals surface area contributed by atoms with E-state index in [2.05, 4.69) is 42.5 Å². The maximum absolute atomic E-state index is 14.5. The number of halogens is 2. The topological polar surface area (TPSA) is 205 Å². The predicted molar refractivity (Wildman–Crippen MR) is 315 cm³/mol. The standard InChI is InChI=1S/C54H72N10O6S4.2ClH/c1-31(55-7)49(71)59-37-23-25-73-39-27-53(3,4)43(63(39)51(37)69)47(67)61-41(35-15-11-9-12-16-35)45(65)57-29-33-19-21-34(22-20-33)30-58-46(66)42(36-17-13-10-14-18-36)62-48(68)44-54(5,6)28-40-64(44)52(70)38(24-26-74-40)60-50(72)32(2)56-8;;/h9-22,31-32,37-44,55-56H,23-30H2,1-8H3,(H,57,65)(H,58,66)(H,59,71)(H,60,72)(H,61,67)(H,62,68);2*1H/t31-,32-,37-,38-,39-,40-,41-,42-,43+,44+;;/m0../s1. The molecule has 22 heteroatoms. The largest absolute Gasteiger partial charge is 0.367 e. The highest BCUT2D eigenvalue weighted by Crippen LogP contribution is 2.48. The fourth-order valence-corrected chi connectivity index (χ4v) is 13.9. The predicted octanol–water partition coefficient (Wildman–Crippen LogP) is 5.44. The third kappa shape index (κ3) is 14.6. The Morgan fingerprint density at radius 1 is 0.592 bits per heavy atom. The highest BCUT2D eigenvalue weighted by Gasteiger charge is 2.56. The molecule has 16 nitrogen and oxygen atoms in total. The number of hydrogen-bond donors (Lipinski definition) is 8. The van der Waals surface area contributed by atoms with Crippen LogP contribution >= 0.6 is 72.8 Å². The van der Waals surface area contributed by atoms with Crippen molar-refractivity contribution < 1.29 is 28.8 Å². The maximum Gasteiger partial charge on any atom is 0.247 e. The normalized spacial score (nSPS) is 23.9. The van der Waals surface area contributed by atoms with E-state index in [4.69, 9.17) is 24.4 Å². The number of benzene rings is 3. The van der Waals surface area contributed by atoms with E-state index in [0.717, 1.165) is 22.6 Å². The smallest absolute Gasteiger partial charge is 0.247 e. The molecule has 0 radical (unpaired) electrons. The lowest BCUT2D eigenvalue weighted by atomic mass is 9.83. The van der Waals surface area contributed by atoms with E-state index in [-0.39, 0.29) is 72.5 Å². The lowest BCUT2D eigenvalue weighted by Crippen LogP contribution is -2.58. The summed E-state index contributed by atoms with van der Waals surface area (Å²) in [5, 5.41) is 24.4. The van der Waals surface area contributed by atoms with Gasteiger partial charge >= 0.3 is 0 Å². The average molecular weight is 1160 g/mol. The first kappa shape index (κ1) is 62.3. The maximum atomic E-state index is 14.5. The molecule has 414 valence electrons. The van der Waals surface area contributed by atoms with Crippen LogP contribution in [0.3, 0.4) is 0 Å². The molecule has 10 atom stereocenters. The number of amides is 6. The quantitative estimate of drug-likeness (QED) is 0.0748. The molecule has 0 aliphatic carbocycles. The molecule has 76 heavy (non-hydrogen) atoms. The number of fused-ring (bicyclic) bond motifs is 2. The zero-order valence-electron chi connectivity index (χ0n) is 44.3. The van der Waals surface area contributed by atoms with E-state index in [1.807, 2.05) is 102 Å². The van der Waals surface area contributed by atoms with Crippen molar-refractivity contribution in [1.29, 1.82) is 0 Å². The number of rotatable bonds is 18. The van der Waals surface area contributed by atoms with Gasteiger partial charge in [-0.05, 0) is 98.2 Å². The summed E-state index contributed by atoms with van der Waals surface area (Å²) in [6, 6.07) is 20.3. The van der Waals surface area contributed by atoms with E-state index in [1.54, 1.807) is 71.7 Å². The van der Waals surface area contributed by atoms with Gasteiger partial charge in [0.15, 0.2) is 0 Å². The Bertz CT molecular complexity index is 2380. The van der Waals surface area contributed by atoms with E-state index in [9.17, 15) is 28.8 Å². The molecule has 7 rings (SSSR count). The van der Waals surface area contributed by atoms with E-state index in [0.29, 0.717) is 46.8 Å². The molecule has 0 aromatic heterocycles. The molecule has 4 saturated heterocycles. The average Bonchev–Trinajstić information content (AvgIpc) is 3.71. The van der Waals surface area contributed by atoms with E-state index >= 15 is 0 Å². The number of thioether (sulfide) groups is 2. The van der Waals surface area contributed by atoms with Crippen LogP contribution in [0.25, 0.3) is 0 Å². The molecule has 4 fully saturated rings. The van der Waals surface area contributed by atoms with Crippen LogP contribution in [-0.4, -0.2) is 128 Å². The Morgan fingerprint density at radius 2 is 0.934 bits per heavy atom. The Morgan fingerprint density at radius 3 is 1.26 bits per heavy atom. The fraction of sp³-hybridized carbons (Fsp3) is 0.519. The number of thiocarbonyl (C=S) groups is 2. The second kappa shape index (κ2) is 27.4. The van der Waals surface area contributed by atoms with Gasteiger partial charge in [-0.1, -0.05) is 137 Å². The minimum absolute atomic E-state index is 0. The van der Waals surface area contributed by atoms with Gasteiger partial charge < -0.3 is 52.3 Å². The molecule has 0 unspecified atom stereocenters. The first-order valence-corrected chi connectivity index (χ1v) is 28.3. The summed E-state index contributed by atoms with van der Waals surface area (Å²) < 4.78 is 0. The number of hydrogen-bond acceptors (Lipinski definition) is 12. The number of carbonyl (C=O) groups is 6. The molecule has 0 bridgehead atoms. The Kier molecular flexibility index (Phi) is 22.4. The minimum atomic E-state index is -1.05. The minimum Gasteiger partial charge on any atom is -0.367 e. The first-order chi connectivity index (χ1) is 35.2. The van der Waals surface area contributed by atoms with Crippen LogP contribution in [0.4, 0.5) is 0 Å². The van der Waals surface area contributed by atoms with Gasteiger partial charge in [-0.25, -0.2) is 0 Å². The first-order valence-electron chi connectivity index (χ1n) is 25.4. The molecule has 0 saturated carbocycles. The second-order valence-electron chi connectivity index (χ2n) is 21.0. The van der Waals surface area contributed by atoms with E-state index in [1.165, 1.54) is 0 Å². The molecular weight excluding hydrogens is 1080 g/mol. The van der Waals surface area contributed by atoms with Gasteiger partial charge in [0.05, 0.1) is 32.8 Å². The summed E-state index contributed by atoms with van der Waals surface area (Å²) in [5.74, 6) is -0.569. The Labute approximate surface area is 479 Å². The van der Waals surface area contributed by atoms with Gasteiger partial charge in [-0.3, -0.25) is 28.8 Å². The van der Waals surface area contributed by atoms with Crippen LogP contribution in [0.5, 0.6) is 0 Å². The fourth-order valence-electron chi connectivity index (χ4n) is 10.3. The van der Waals surface area contributed by atoms with Crippen molar-refractivity contribution in [1.82, 2.24) is 52.3 Å². The summed E-state index contributed by atoms with van der Waals surface area (Å²) in [6.07, 6.45) is 2.37. The van der Waals surface area contributed by atoms with Gasteiger partial charge in [-0.15, -0.1) is 48.3 Å². The number of nitrogens with one attached hydrogen (secondary N) is 8. The van der Waals surface area contributed by atoms with Gasteiger partial charge in [0, 0.05) is 13.1 Å². The molecule has 8 N–H and O–H groups in total. The van der Waals surface area contributed by atoms with Gasteiger partial charge in [0.2, 0.25) is 35.4 Å². The second-order valence-corrected chi connectivity index (χ2v) is 24.5. The van der Waals surface area contributed by atoms with E-state index < -0.39 is 70.7 Å². The van der Waals surface area contributed by atoms with Crippen molar-refractivity contribution in [2.75, 3.05) is 25.6 Å². The number of carbonyl (C=O) groups excluding carboxylic acids is 6.